The van der Waals surface area contributed by atoms with E-state index in [4.69, 9.17) is 4.74 Å². The van der Waals surface area contributed by atoms with Gasteiger partial charge in [-0.1, -0.05) is 0 Å². The molecule has 0 spiro atoms. The van der Waals surface area contributed by atoms with Gasteiger partial charge < -0.3 is 4.74 Å². The first-order valence-electron chi connectivity index (χ1n) is 4.71. The third-order valence-electron chi connectivity index (χ3n) is 2.78. The highest BCUT2D eigenvalue weighted by Crippen LogP contribution is 2.38. The van der Waals surface area contributed by atoms with Crippen LogP contribution in [0.5, 0.6) is 0 Å². The normalized spacial score (nSPS) is 30.6. The van der Waals surface area contributed by atoms with Gasteiger partial charge in [0.05, 0.1) is 12.2 Å². The minimum atomic E-state index is 0.354. The van der Waals surface area contributed by atoms with Gasteiger partial charge in [-0.05, 0) is 42.2 Å². The van der Waals surface area contributed by atoms with E-state index in [9.17, 15) is 0 Å². The van der Waals surface area contributed by atoms with Crippen LogP contribution in [0.3, 0.4) is 0 Å². The van der Waals surface area contributed by atoms with Crippen molar-refractivity contribution < 1.29 is 4.74 Å². The van der Waals surface area contributed by atoms with Crippen molar-refractivity contribution in [1.82, 2.24) is 4.98 Å². The Kier molecular flexibility index (Phi) is 1.49. The van der Waals surface area contributed by atoms with E-state index in [0.717, 1.165) is 0 Å². The molecule has 3 heterocycles. The van der Waals surface area contributed by atoms with Crippen molar-refractivity contribution in [2.24, 2.45) is 0 Å². The second-order valence-electron chi connectivity index (χ2n) is 3.60. The zero-order valence-electron chi connectivity index (χ0n) is 7.31. The molecule has 2 heteroatoms. The number of hydrogen-bond donors (Lipinski definition) is 0. The zero-order valence-corrected chi connectivity index (χ0v) is 7.31. The van der Waals surface area contributed by atoms with E-state index in [1.54, 1.807) is 0 Å². The molecule has 0 radical (unpaired) electrons. The van der Waals surface area contributed by atoms with Crippen molar-refractivity contribution in [1.29, 1.82) is 0 Å². The minimum Gasteiger partial charge on any atom is -0.366 e. The van der Waals surface area contributed by atoms with Crippen LogP contribution in [-0.2, 0) is 4.74 Å². The number of pyridine rings is 1. The number of fused-ring (bicyclic) bond motifs is 2. The Morgan fingerprint density at radius 3 is 2.69 bits per heavy atom. The molecular formula is C11H11NO. The molecule has 66 valence electrons. The molecule has 0 N–H and O–H groups in total. The minimum absolute atomic E-state index is 0.354. The van der Waals surface area contributed by atoms with Crippen LogP contribution in [0.2, 0.25) is 0 Å². The van der Waals surface area contributed by atoms with Crippen molar-refractivity contribution in [2.45, 2.75) is 25.0 Å². The van der Waals surface area contributed by atoms with Crippen LogP contribution in [-0.4, -0.2) is 17.2 Å². The van der Waals surface area contributed by atoms with E-state index in [2.05, 4.69) is 23.2 Å². The first-order chi connectivity index (χ1) is 6.43. The standard InChI is InChI=1S/C11H11NO/c1-2-11-10(7-9(1)13-11)8-3-5-12-6-4-8/h3-7,9,11H,1-2H2/t9-,11-/m0/s1. The molecule has 2 bridgehead atoms. The summed E-state index contributed by atoms with van der Waals surface area (Å²) in [6.07, 6.45) is 9.03. The van der Waals surface area contributed by atoms with Gasteiger partial charge in [-0.25, -0.2) is 0 Å². The maximum atomic E-state index is 5.73. The zero-order chi connectivity index (χ0) is 8.67. The first kappa shape index (κ1) is 7.27. The third kappa shape index (κ3) is 1.10. The summed E-state index contributed by atoms with van der Waals surface area (Å²) in [5, 5.41) is 0. The topological polar surface area (TPSA) is 22.1 Å². The predicted octanol–water partition coefficient (Wildman–Crippen LogP) is 2.03. The second-order valence-corrected chi connectivity index (χ2v) is 3.60. The maximum Gasteiger partial charge on any atom is 0.0837 e. The van der Waals surface area contributed by atoms with Gasteiger partial charge >= 0.3 is 0 Å². The van der Waals surface area contributed by atoms with Crippen LogP contribution >= 0.6 is 0 Å². The van der Waals surface area contributed by atoms with Crippen LogP contribution in [0.15, 0.2) is 30.6 Å². The Morgan fingerprint density at radius 1 is 1.23 bits per heavy atom. The Hall–Kier alpha value is -1.15. The van der Waals surface area contributed by atoms with E-state index < -0.39 is 0 Å². The average molecular weight is 173 g/mol. The molecule has 1 aromatic rings. The quantitative estimate of drug-likeness (QED) is 0.648. The van der Waals surface area contributed by atoms with Crippen LogP contribution in [0.4, 0.5) is 0 Å². The lowest BCUT2D eigenvalue weighted by atomic mass is 9.94. The molecule has 2 aliphatic rings. The van der Waals surface area contributed by atoms with Gasteiger partial charge in [0.15, 0.2) is 0 Å². The van der Waals surface area contributed by atoms with Crippen LogP contribution < -0.4 is 0 Å². The van der Waals surface area contributed by atoms with Crippen molar-refractivity contribution in [3.8, 4) is 0 Å². The Labute approximate surface area is 77.3 Å². The lowest BCUT2D eigenvalue weighted by Crippen LogP contribution is -2.03. The highest BCUT2D eigenvalue weighted by atomic mass is 16.5. The molecule has 2 nitrogen and oxygen atoms in total. The summed E-state index contributed by atoms with van der Waals surface area (Å²) in [6, 6.07) is 4.10. The summed E-state index contributed by atoms with van der Waals surface area (Å²) in [5.41, 5.74) is 2.63. The molecule has 0 aliphatic carbocycles. The fourth-order valence-corrected chi connectivity index (χ4v) is 2.15. The van der Waals surface area contributed by atoms with E-state index >= 15 is 0 Å². The van der Waals surface area contributed by atoms with Crippen molar-refractivity contribution >= 4 is 5.57 Å². The van der Waals surface area contributed by atoms with Crippen LogP contribution in [0.1, 0.15) is 18.4 Å². The lowest BCUT2D eigenvalue weighted by molar-refractivity contribution is 0.124. The van der Waals surface area contributed by atoms with Crippen molar-refractivity contribution in [2.75, 3.05) is 0 Å². The second kappa shape index (κ2) is 2.67. The van der Waals surface area contributed by atoms with Gasteiger partial charge in [-0.3, -0.25) is 4.98 Å². The molecule has 3 rings (SSSR count). The third-order valence-corrected chi connectivity index (χ3v) is 2.78. The smallest absolute Gasteiger partial charge is 0.0837 e. The summed E-state index contributed by atoms with van der Waals surface area (Å²) >= 11 is 0. The van der Waals surface area contributed by atoms with Crippen LogP contribution in [0, 0.1) is 0 Å². The molecule has 2 aliphatic heterocycles. The van der Waals surface area contributed by atoms with Gasteiger partial charge in [0, 0.05) is 12.4 Å². The number of ether oxygens (including phenoxy) is 1. The summed E-state index contributed by atoms with van der Waals surface area (Å²) in [7, 11) is 0. The molecule has 0 amide bonds. The van der Waals surface area contributed by atoms with Gasteiger partial charge in [-0.2, -0.15) is 0 Å². The molecular weight excluding hydrogens is 162 g/mol. The summed E-state index contributed by atoms with van der Waals surface area (Å²) in [6.45, 7) is 0. The number of hydrogen-bond acceptors (Lipinski definition) is 2. The fourth-order valence-electron chi connectivity index (χ4n) is 2.15. The Morgan fingerprint density at radius 2 is 2.08 bits per heavy atom. The molecule has 13 heavy (non-hydrogen) atoms. The van der Waals surface area contributed by atoms with Gasteiger partial charge in [0.25, 0.3) is 0 Å². The molecule has 0 unspecified atom stereocenters. The van der Waals surface area contributed by atoms with Crippen molar-refractivity contribution in [3.05, 3.63) is 36.2 Å². The monoisotopic (exact) mass is 173 g/mol. The number of nitrogens with zero attached hydrogens (tertiary/aromatic N) is 1. The Bertz CT molecular complexity index is 344. The van der Waals surface area contributed by atoms with E-state index in [1.165, 1.54) is 24.0 Å². The predicted molar refractivity (Wildman–Crippen MR) is 50.1 cm³/mol. The van der Waals surface area contributed by atoms with Gasteiger partial charge in [0.2, 0.25) is 0 Å². The fraction of sp³-hybridized carbons (Fsp3) is 0.364. The molecule has 1 aromatic heterocycles. The first-order valence-corrected chi connectivity index (χ1v) is 4.71. The molecule has 2 atom stereocenters. The van der Waals surface area contributed by atoms with Crippen molar-refractivity contribution in [3.63, 3.8) is 0 Å². The number of rotatable bonds is 1. The van der Waals surface area contributed by atoms with E-state index in [0.29, 0.717) is 12.2 Å². The highest BCUT2D eigenvalue weighted by molar-refractivity contribution is 5.71. The number of aromatic nitrogens is 1. The lowest BCUT2D eigenvalue weighted by Gasteiger charge is -2.10. The molecule has 0 saturated carbocycles. The van der Waals surface area contributed by atoms with E-state index in [1.807, 2.05) is 12.4 Å². The van der Waals surface area contributed by atoms with Gasteiger partial charge in [-0.15, -0.1) is 0 Å². The van der Waals surface area contributed by atoms with Crippen LogP contribution in [0.25, 0.3) is 5.57 Å². The summed E-state index contributed by atoms with van der Waals surface area (Å²) in [5.74, 6) is 0. The molecule has 0 aromatic carbocycles. The molecule has 1 fully saturated rings. The summed E-state index contributed by atoms with van der Waals surface area (Å²) < 4.78 is 5.73. The van der Waals surface area contributed by atoms with E-state index in [-0.39, 0.29) is 0 Å². The SMILES string of the molecule is C1=C(c2ccncc2)[C@@H]2CC[C@@H]1O2. The molecule has 1 saturated heterocycles. The maximum absolute atomic E-state index is 5.73. The highest BCUT2D eigenvalue weighted by Gasteiger charge is 2.33. The summed E-state index contributed by atoms with van der Waals surface area (Å²) in [4.78, 5) is 4.01. The van der Waals surface area contributed by atoms with Gasteiger partial charge in [0.1, 0.15) is 0 Å². The Balaban J connectivity index is 1.99. The average Bonchev–Trinajstić information content (AvgIpc) is 2.80. The largest absolute Gasteiger partial charge is 0.366 e.